The third-order valence-corrected chi connectivity index (χ3v) is 0.862. The molecule has 0 heterocycles. The van der Waals surface area contributed by atoms with Crippen LogP contribution >= 0.6 is 0 Å². The van der Waals surface area contributed by atoms with Gasteiger partial charge in [0.05, 0.1) is 6.54 Å². The van der Waals surface area contributed by atoms with Crippen molar-refractivity contribution in [2.45, 2.75) is 26.2 Å². The minimum atomic E-state index is -2.56. The highest BCUT2D eigenvalue weighted by Crippen LogP contribution is 2.08. The van der Waals surface area contributed by atoms with Crippen LogP contribution < -0.4 is 5.32 Å². The van der Waals surface area contributed by atoms with Crippen LogP contribution in [0.4, 0.5) is 8.78 Å². The van der Waals surface area contributed by atoms with Crippen molar-refractivity contribution in [3.8, 4) is 0 Å². The molecule has 0 rings (SSSR count). The lowest BCUT2D eigenvalue weighted by atomic mass is 10.4. The molecular formula is C6H13F2N. The quantitative estimate of drug-likeness (QED) is 0.581. The smallest absolute Gasteiger partial charge is 0.257 e. The average Bonchev–Trinajstić information content (AvgIpc) is 1.63. The van der Waals surface area contributed by atoms with Gasteiger partial charge in [-0.2, -0.15) is 0 Å². The summed E-state index contributed by atoms with van der Waals surface area (Å²) in [5.41, 5.74) is 0. The van der Waals surface area contributed by atoms with Crippen LogP contribution in [0.25, 0.3) is 0 Å². The van der Waals surface area contributed by atoms with E-state index in [-0.39, 0.29) is 6.54 Å². The first-order valence-corrected chi connectivity index (χ1v) is 3.15. The Balaban J connectivity index is 3.07. The molecule has 0 bridgehead atoms. The van der Waals surface area contributed by atoms with Crippen molar-refractivity contribution in [1.82, 2.24) is 5.32 Å². The highest BCUT2D eigenvalue weighted by Gasteiger charge is 2.19. The monoisotopic (exact) mass is 137 g/mol. The van der Waals surface area contributed by atoms with Gasteiger partial charge in [-0.3, -0.25) is 0 Å². The summed E-state index contributed by atoms with van der Waals surface area (Å²) in [5.74, 6) is -2.56. The van der Waals surface area contributed by atoms with Crippen LogP contribution in [-0.2, 0) is 0 Å². The Labute approximate surface area is 54.4 Å². The molecule has 0 unspecified atom stereocenters. The molecule has 0 atom stereocenters. The second-order valence-corrected chi connectivity index (χ2v) is 2.25. The number of halogens is 2. The highest BCUT2D eigenvalue weighted by atomic mass is 19.3. The van der Waals surface area contributed by atoms with Crippen LogP contribution in [0.1, 0.15) is 20.3 Å². The summed E-state index contributed by atoms with van der Waals surface area (Å²) in [5, 5.41) is 2.62. The van der Waals surface area contributed by atoms with Gasteiger partial charge in [-0.25, -0.2) is 8.78 Å². The summed E-state index contributed by atoms with van der Waals surface area (Å²) in [6, 6.07) is 0. The fraction of sp³-hybridized carbons (Fsp3) is 1.00. The van der Waals surface area contributed by atoms with Crippen LogP contribution in [0, 0.1) is 0 Å². The SMILES string of the molecule is CCCNCC(C)(F)F. The Hall–Kier alpha value is -0.180. The van der Waals surface area contributed by atoms with Crippen molar-refractivity contribution in [3.63, 3.8) is 0 Å². The largest absolute Gasteiger partial charge is 0.311 e. The summed E-state index contributed by atoms with van der Waals surface area (Å²) in [6.07, 6.45) is 0.899. The van der Waals surface area contributed by atoms with E-state index in [1.165, 1.54) is 0 Å². The Morgan fingerprint density at radius 3 is 2.33 bits per heavy atom. The molecule has 56 valence electrons. The maximum Gasteiger partial charge on any atom is 0.257 e. The normalized spacial score (nSPS) is 12.0. The number of hydrogen-bond acceptors (Lipinski definition) is 1. The Morgan fingerprint density at radius 2 is 2.00 bits per heavy atom. The summed E-state index contributed by atoms with van der Waals surface area (Å²) >= 11 is 0. The molecule has 0 aromatic heterocycles. The van der Waals surface area contributed by atoms with Crippen LogP contribution in [0.15, 0.2) is 0 Å². The zero-order valence-corrected chi connectivity index (χ0v) is 5.88. The molecule has 0 saturated carbocycles. The zero-order valence-electron chi connectivity index (χ0n) is 5.88. The Bertz CT molecular complexity index is 67.9. The van der Waals surface area contributed by atoms with E-state index >= 15 is 0 Å². The molecule has 1 N–H and O–H groups in total. The van der Waals surface area contributed by atoms with E-state index in [4.69, 9.17) is 0 Å². The van der Waals surface area contributed by atoms with E-state index in [2.05, 4.69) is 5.32 Å². The standard InChI is InChI=1S/C6H13F2N/c1-3-4-9-5-6(2,7)8/h9H,3-5H2,1-2H3. The van der Waals surface area contributed by atoms with E-state index in [0.717, 1.165) is 13.3 Å². The van der Waals surface area contributed by atoms with E-state index in [9.17, 15) is 8.78 Å². The molecule has 0 amide bonds. The topological polar surface area (TPSA) is 12.0 Å². The zero-order chi connectivity index (χ0) is 7.33. The Morgan fingerprint density at radius 1 is 1.44 bits per heavy atom. The maximum atomic E-state index is 12.0. The van der Waals surface area contributed by atoms with Crippen LogP contribution in [0.5, 0.6) is 0 Å². The van der Waals surface area contributed by atoms with Crippen molar-refractivity contribution in [2.75, 3.05) is 13.1 Å². The molecule has 9 heavy (non-hydrogen) atoms. The Kier molecular flexibility index (Phi) is 3.70. The van der Waals surface area contributed by atoms with Crippen LogP contribution in [0.3, 0.4) is 0 Å². The van der Waals surface area contributed by atoms with E-state index in [1.54, 1.807) is 0 Å². The van der Waals surface area contributed by atoms with E-state index in [1.807, 2.05) is 6.92 Å². The number of hydrogen-bond donors (Lipinski definition) is 1. The predicted octanol–water partition coefficient (Wildman–Crippen LogP) is 1.64. The molecule has 0 saturated heterocycles. The molecule has 0 aromatic rings. The summed E-state index contributed by atoms with van der Waals surface area (Å²) in [4.78, 5) is 0. The molecule has 1 nitrogen and oxygen atoms in total. The van der Waals surface area contributed by atoms with Gasteiger partial charge in [-0.1, -0.05) is 6.92 Å². The number of rotatable bonds is 4. The van der Waals surface area contributed by atoms with Crippen molar-refractivity contribution < 1.29 is 8.78 Å². The summed E-state index contributed by atoms with van der Waals surface area (Å²) < 4.78 is 24.0. The molecule has 0 radical (unpaired) electrons. The molecule has 0 aliphatic heterocycles. The summed E-state index contributed by atoms with van der Waals surface area (Å²) in [7, 11) is 0. The van der Waals surface area contributed by atoms with Gasteiger partial charge in [0, 0.05) is 6.92 Å². The van der Waals surface area contributed by atoms with Crippen LogP contribution in [-0.4, -0.2) is 19.0 Å². The van der Waals surface area contributed by atoms with Crippen molar-refractivity contribution in [3.05, 3.63) is 0 Å². The van der Waals surface area contributed by atoms with Crippen LogP contribution in [0.2, 0.25) is 0 Å². The third-order valence-electron chi connectivity index (χ3n) is 0.862. The minimum absolute atomic E-state index is 0.208. The van der Waals surface area contributed by atoms with Gasteiger partial charge in [0.15, 0.2) is 0 Å². The summed E-state index contributed by atoms with van der Waals surface area (Å²) in [6.45, 7) is 3.32. The second-order valence-electron chi connectivity index (χ2n) is 2.25. The predicted molar refractivity (Wildman–Crippen MR) is 33.8 cm³/mol. The molecule has 3 heteroatoms. The number of nitrogens with one attached hydrogen (secondary N) is 1. The van der Waals surface area contributed by atoms with Gasteiger partial charge in [-0.05, 0) is 13.0 Å². The molecule has 0 spiro atoms. The molecule has 0 aliphatic carbocycles. The second kappa shape index (κ2) is 3.77. The lowest BCUT2D eigenvalue weighted by Gasteiger charge is -2.09. The first-order chi connectivity index (χ1) is 4.06. The molecular weight excluding hydrogens is 124 g/mol. The fourth-order valence-corrected chi connectivity index (χ4v) is 0.485. The van der Waals surface area contributed by atoms with Crippen molar-refractivity contribution in [2.24, 2.45) is 0 Å². The van der Waals surface area contributed by atoms with Gasteiger partial charge < -0.3 is 5.32 Å². The average molecular weight is 137 g/mol. The number of alkyl halides is 2. The van der Waals surface area contributed by atoms with Gasteiger partial charge >= 0.3 is 0 Å². The minimum Gasteiger partial charge on any atom is -0.311 e. The van der Waals surface area contributed by atoms with Crippen molar-refractivity contribution in [1.29, 1.82) is 0 Å². The van der Waals surface area contributed by atoms with Gasteiger partial charge in [0.25, 0.3) is 5.92 Å². The maximum absolute atomic E-state index is 12.0. The lowest BCUT2D eigenvalue weighted by molar-refractivity contribution is 0.0230. The fourth-order valence-electron chi connectivity index (χ4n) is 0.485. The van der Waals surface area contributed by atoms with E-state index < -0.39 is 5.92 Å². The highest BCUT2D eigenvalue weighted by molar-refractivity contribution is 4.60. The van der Waals surface area contributed by atoms with E-state index in [0.29, 0.717) is 6.54 Å². The molecule has 0 fully saturated rings. The first kappa shape index (κ1) is 8.82. The van der Waals surface area contributed by atoms with Gasteiger partial charge in [-0.15, -0.1) is 0 Å². The molecule has 0 aliphatic rings. The first-order valence-electron chi connectivity index (χ1n) is 3.15. The van der Waals surface area contributed by atoms with Gasteiger partial charge in [0.2, 0.25) is 0 Å². The van der Waals surface area contributed by atoms with Crippen molar-refractivity contribution >= 4 is 0 Å². The molecule has 0 aromatic carbocycles. The lowest BCUT2D eigenvalue weighted by Crippen LogP contribution is -2.30. The third kappa shape index (κ3) is 7.82. The van der Waals surface area contributed by atoms with Gasteiger partial charge in [0.1, 0.15) is 0 Å².